The van der Waals surface area contributed by atoms with Gasteiger partial charge in [-0.15, -0.1) is 0 Å². The summed E-state index contributed by atoms with van der Waals surface area (Å²) in [7, 11) is 0. The van der Waals surface area contributed by atoms with Crippen LogP contribution < -0.4 is 0 Å². The molecule has 4 aliphatic rings. The highest BCUT2D eigenvalue weighted by atomic mass is 16.5. The number of hydrogen-bond donors (Lipinski definition) is 0. The molecule has 0 radical (unpaired) electrons. The van der Waals surface area contributed by atoms with E-state index in [4.69, 9.17) is 4.74 Å². The Morgan fingerprint density at radius 1 is 1.21 bits per heavy atom. The third kappa shape index (κ3) is 2.14. The van der Waals surface area contributed by atoms with Crippen molar-refractivity contribution in [3.63, 3.8) is 0 Å². The minimum atomic E-state index is 0.0409. The van der Waals surface area contributed by atoms with E-state index in [9.17, 15) is 9.59 Å². The number of carbonyl (C=O) groups excluding carboxylic acids is 2. The van der Waals surface area contributed by atoms with E-state index in [0.29, 0.717) is 19.0 Å². The van der Waals surface area contributed by atoms with Crippen LogP contribution in [0.15, 0.2) is 0 Å². The molecule has 2 saturated heterocycles. The maximum Gasteiger partial charge on any atom is 0.248 e. The van der Waals surface area contributed by atoms with Gasteiger partial charge in [0.15, 0.2) is 0 Å². The predicted molar refractivity (Wildman–Crippen MR) is 67.3 cm³/mol. The maximum absolute atomic E-state index is 12.1. The number of morpholine rings is 1. The first-order valence-electron chi connectivity index (χ1n) is 7.42. The highest BCUT2D eigenvalue weighted by Crippen LogP contribution is 2.36. The molecule has 0 spiro atoms. The van der Waals surface area contributed by atoms with E-state index in [2.05, 4.69) is 0 Å². The summed E-state index contributed by atoms with van der Waals surface area (Å²) in [6, 6.07) is 0.101. The third-order valence-corrected chi connectivity index (χ3v) is 4.77. The fraction of sp³-hybridized carbons (Fsp3) is 0.857. The van der Waals surface area contributed by atoms with Crippen molar-refractivity contribution in [3.8, 4) is 0 Å². The minimum Gasteiger partial charge on any atom is -0.364 e. The Kier molecular flexibility index (Phi) is 2.59. The summed E-state index contributed by atoms with van der Waals surface area (Å²) in [4.78, 5) is 28.1. The zero-order valence-corrected chi connectivity index (χ0v) is 11.1. The molecule has 2 saturated carbocycles. The summed E-state index contributed by atoms with van der Waals surface area (Å²) in [6.07, 6.45) is 4.60. The van der Waals surface area contributed by atoms with Crippen LogP contribution >= 0.6 is 0 Å². The number of rotatable bonds is 3. The number of nitrogens with zero attached hydrogens (tertiary/aromatic N) is 2. The molecule has 0 unspecified atom stereocenters. The molecule has 4 rings (SSSR count). The van der Waals surface area contributed by atoms with Gasteiger partial charge in [0, 0.05) is 25.6 Å². The molecule has 19 heavy (non-hydrogen) atoms. The van der Waals surface area contributed by atoms with E-state index >= 15 is 0 Å². The van der Waals surface area contributed by atoms with Crippen molar-refractivity contribution in [2.75, 3.05) is 26.2 Å². The van der Waals surface area contributed by atoms with Crippen molar-refractivity contribution in [1.82, 2.24) is 9.80 Å². The monoisotopic (exact) mass is 264 g/mol. The zero-order valence-electron chi connectivity index (χ0n) is 11.1. The van der Waals surface area contributed by atoms with Gasteiger partial charge in [0.1, 0.15) is 6.61 Å². The second-order valence-corrected chi connectivity index (χ2v) is 6.42. The summed E-state index contributed by atoms with van der Waals surface area (Å²) >= 11 is 0. The summed E-state index contributed by atoms with van der Waals surface area (Å²) < 4.78 is 5.64. The SMILES string of the molecule is O=C(C1CC1)N1C[C@@H]2OCC(=O)N(CC3CC3)[C@@H]2C1. The smallest absolute Gasteiger partial charge is 0.248 e. The van der Waals surface area contributed by atoms with Gasteiger partial charge >= 0.3 is 0 Å². The molecule has 2 aliphatic carbocycles. The molecule has 2 amide bonds. The van der Waals surface area contributed by atoms with Crippen LogP contribution in [0.1, 0.15) is 25.7 Å². The number of likely N-dealkylation sites (tertiary alicyclic amines) is 1. The molecule has 0 bridgehead atoms. The number of amides is 2. The van der Waals surface area contributed by atoms with Gasteiger partial charge < -0.3 is 14.5 Å². The van der Waals surface area contributed by atoms with Crippen molar-refractivity contribution in [1.29, 1.82) is 0 Å². The van der Waals surface area contributed by atoms with Gasteiger partial charge in [0.05, 0.1) is 12.1 Å². The first kappa shape index (κ1) is 11.7. The maximum atomic E-state index is 12.1. The Balaban J connectivity index is 1.47. The van der Waals surface area contributed by atoms with Crippen LogP contribution in [0.3, 0.4) is 0 Å². The van der Waals surface area contributed by atoms with Crippen molar-refractivity contribution in [2.24, 2.45) is 11.8 Å². The lowest BCUT2D eigenvalue weighted by Crippen LogP contribution is -2.54. The molecule has 4 fully saturated rings. The molecular formula is C14H20N2O3. The van der Waals surface area contributed by atoms with Gasteiger partial charge in [-0.1, -0.05) is 0 Å². The number of carbonyl (C=O) groups is 2. The van der Waals surface area contributed by atoms with Gasteiger partial charge in [-0.25, -0.2) is 0 Å². The topological polar surface area (TPSA) is 49.9 Å². The van der Waals surface area contributed by atoms with Gasteiger partial charge in [-0.05, 0) is 31.6 Å². The molecule has 5 nitrogen and oxygen atoms in total. The fourth-order valence-electron chi connectivity index (χ4n) is 3.25. The van der Waals surface area contributed by atoms with Crippen LogP contribution in [0.4, 0.5) is 0 Å². The molecule has 0 aromatic heterocycles. The normalized spacial score (nSPS) is 34.6. The second kappa shape index (κ2) is 4.20. The Morgan fingerprint density at radius 2 is 2.00 bits per heavy atom. The van der Waals surface area contributed by atoms with Crippen LogP contribution in [0, 0.1) is 11.8 Å². The van der Waals surface area contributed by atoms with Crippen molar-refractivity contribution in [3.05, 3.63) is 0 Å². The van der Waals surface area contributed by atoms with E-state index < -0.39 is 0 Å². The molecule has 5 heteroatoms. The lowest BCUT2D eigenvalue weighted by Gasteiger charge is -2.36. The number of fused-ring (bicyclic) bond motifs is 1. The predicted octanol–water partition coefficient (Wildman–Crippen LogP) is 0.245. The highest BCUT2D eigenvalue weighted by Gasteiger charge is 2.47. The van der Waals surface area contributed by atoms with E-state index in [1.807, 2.05) is 9.80 Å². The molecule has 2 aliphatic heterocycles. The van der Waals surface area contributed by atoms with Crippen LogP contribution in [0.2, 0.25) is 0 Å². The Hall–Kier alpha value is -1.10. The van der Waals surface area contributed by atoms with Crippen molar-refractivity contribution in [2.45, 2.75) is 37.8 Å². The van der Waals surface area contributed by atoms with E-state index in [1.165, 1.54) is 12.8 Å². The van der Waals surface area contributed by atoms with Crippen LogP contribution in [0.5, 0.6) is 0 Å². The molecule has 0 aromatic carbocycles. The summed E-state index contributed by atoms with van der Waals surface area (Å²) in [5, 5.41) is 0. The standard InChI is InChI=1S/C14H20N2O3/c17-13-8-19-12-7-15(14(18)10-3-4-10)6-11(12)16(13)5-9-1-2-9/h9-12H,1-8H2/t11-,12+/m1/s1. The Morgan fingerprint density at radius 3 is 2.68 bits per heavy atom. The quantitative estimate of drug-likeness (QED) is 0.734. The first-order chi connectivity index (χ1) is 9.22. The zero-order chi connectivity index (χ0) is 13.0. The van der Waals surface area contributed by atoms with Gasteiger partial charge in [-0.2, -0.15) is 0 Å². The van der Waals surface area contributed by atoms with Crippen LogP contribution in [-0.4, -0.2) is 60.0 Å². The van der Waals surface area contributed by atoms with Crippen molar-refractivity contribution < 1.29 is 14.3 Å². The summed E-state index contributed by atoms with van der Waals surface area (Å²) in [5.74, 6) is 1.33. The molecule has 104 valence electrons. The molecule has 2 heterocycles. The highest BCUT2D eigenvalue weighted by molar-refractivity contribution is 5.82. The summed E-state index contributed by atoms with van der Waals surface area (Å²) in [6.45, 7) is 2.42. The average molecular weight is 264 g/mol. The van der Waals surface area contributed by atoms with E-state index in [0.717, 1.165) is 19.4 Å². The van der Waals surface area contributed by atoms with Crippen LogP contribution in [-0.2, 0) is 14.3 Å². The Labute approximate surface area is 112 Å². The minimum absolute atomic E-state index is 0.0409. The molecule has 0 N–H and O–H groups in total. The van der Waals surface area contributed by atoms with Gasteiger partial charge in [0.2, 0.25) is 11.8 Å². The van der Waals surface area contributed by atoms with E-state index in [1.54, 1.807) is 0 Å². The van der Waals surface area contributed by atoms with Crippen molar-refractivity contribution >= 4 is 11.8 Å². The number of hydrogen-bond acceptors (Lipinski definition) is 3. The third-order valence-electron chi connectivity index (χ3n) is 4.77. The molecule has 2 atom stereocenters. The number of ether oxygens (including phenoxy) is 1. The molecule has 0 aromatic rings. The lowest BCUT2D eigenvalue weighted by molar-refractivity contribution is -0.153. The average Bonchev–Trinajstić information content (AvgIpc) is 3.30. The fourth-order valence-corrected chi connectivity index (χ4v) is 3.25. The van der Waals surface area contributed by atoms with Gasteiger partial charge in [0.25, 0.3) is 0 Å². The summed E-state index contributed by atoms with van der Waals surface area (Å²) in [5.41, 5.74) is 0. The first-order valence-corrected chi connectivity index (χ1v) is 7.42. The molecular weight excluding hydrogens is 244 g/mol. The van der Waals surface area contributed by atoms with Gasteiger partial charge in [-0.3, -0.25) is 9.59 Å². The Bertz CT molecular complexity index is 417. The van der Waals surface area contributed by atoms with Crippen LogP contribution in [0.25, 0.3) is 0 Å². The second-order valence-electron chi connectivity index (χ2n) is 6.42. The largest absolute Gasteiger partial charge is 0.364 e. The lowest BCUT2D eigenvalue weighted by atomic mass is 10.1. The van der Waals surface area contributed by atoms with E-state index in [-0.39, 0.29) is 36.5 Å².